The Hall–Kier alpha value is -0.980. The molecule has 0 bridgehead atoms. The second-order valence-corrected chi connectivity index (χ2v) is 5.78. The average Bonchev–Trinajstić information content (AvgIpc) is 2.26. The minimum atomic E-state index is -3.56. The lowest BCUT2D eigenvalue weighted by Crippen LogP contribution is -2.29. The van der Waals surface area contributed by atoms with Crippen LogP contribution in [0.2, 0.25) is 0 Å². The molecule has 0 radical (unpaired) electrons. The van der Waals surface area contributed by atoms with E-state index in [2.05, 4.69) is 9.17 Å². The number of rotatable bonds is 5. The van der Waals surface area contributed by atoms with E-state index in [0.717, 1.165) is 18.4 Å². The van der Waals surface area contributed by atoms with Crippen molar-refractivity contribution < 1.29 is 17.7 Å². The zero-order chi connectivity index (χ0) is 13.1. The molecular weight excluding hydrogens is 242 g/mol. The van der Waals surface area contributed by atoms with Gasteiger partial charge in [0.25, 0.3) is 10.1 Å². The van der Waals surface area contributed by atoms with Crippen molar-refractivity contribution in [3.63, 3.8) is 0 Å². The molecule has 1 heterocycles. The van der Waals surface area contributed by atoms with E-state index < -0.39 is 15.7 Å². The molecule has 0 aliphatic carbocycles. The van der Waals surface area contributed by atoms with Crippen molar-refractivity contribution >= 4 is 10.1 Å². The van der Waals surface area contributed by atoms with Crippen LogP contribution in [0, 0.1) is 0 Å². The molecule has 96 valence electrons. The molecule has 17 heavy (non-hydrogen) atoms. The highest BCUT2D eigenvalue weighted by molar-refractivity contribution is 7.85. The monoisotopic (exact) mass is 259 g/mol. The number of hydrogen-bond donors (Lipinski definition) is 1. The van der Waals surface area contributed by atoms with E-state index in [1.165, 1.54) is 13.1 Å². The Labute approximate surface area is 102 Å². The molecule has 0 aliphatic heterocycles. The zero-order valence-corrected chi connectivity index (χ0v) is 11.0. The molecule has 0 fully saturated rings. The second kappa shape index (κ2) is 5.12. The van der Waals surface area contributed by atoms with Crippen LogP contribution in [0.5, 0.6) is 0 Å². The highest BCUT2D eigenvalue weighted by atomic mass is 32.2. The predicted molar refractivity (Wildman–Crippen MR) is 64.0 cm³/mol. The predicted octanol–water partition coefficient (Wildman–Crippen LogP) is 0.828. The van der Waals surface area contributed by atoms with Gasteiger partial charge < -0.3 is 5.11 Å². The van der Waals surface area contributed by atoms with Gasteiger partial charge in [-0.15, -0.1) is 0 Å². The zero-order valence-electron chi connectivity index (χ0n) is 10.2. The van der Waals surface area contributed by atoms with Crippen molar-refractivity contribution in [1.82, 2.24) is 4.98 Å². The van der Waals surface area contributed by atoms with Crippen LogP contribution in [0.3, 0.4) is 0 Å². The van der Waals surface area contributed by atoms with Crippen molar-refractivity contribution in [3.8, 4) is 0 Å². The van der Waals surface area contributed by atoms with E-state index in [4.69, 9.17) is 0 Å². The summed E-state index contributed by atoms with van der Waals surface area (Å²) in [7, 11) is -3.56. The van der Waals surface area contributed by atoms with E-state index in [0.29, 0.717) is 5.56 Å². The lowest BCUT2D eigenvalue weighted by molar-refractivity contribution is 0.00976. The number of pyridine rings is 1. The molecular formula is C11H17NO4S. The van der Waals surface area contributed by atoms with Gasteiger partial charge in [-0.3, -0.25) is 9.17 Å². The molecule has 0 saturated carbocycles. The summed E-state index contributed by atoms with van der Waals surface area (Å²) >= 11 is 0. The third-order valence-electron chi connectivity index (χ3n) is 2.36. The van der Waals surface area contributed by atoms with Gasteiger partial charge in [0.05, 0.1) is 12.9 Å². The third kappa shape index (κ3) is 4.41. The normalized spacial score (nSPS) is 15.5. The molecule has 0 unspecified atom stereocenters. The Morgan fingerprint density at radius 3 is 2.53 bits per heavy atom. The first kappa shape index (κ1) is 14.1. The number of aliphatic hydroxyl groups is 1. The fourth-order valence-corrected chi connectivity index (χ4v) is 1.70. The van der Waals surface area contributed by atoms with E-state index in [1.54, 1.807) is 12.1 Å². The number of hydrogen-bond acceptors (Lipinski definition) is 5. The number of aryl methyl sites for hydroxylation is 1. The third-order valence-corrected chi connectivity index (χ3v) is 2.91. The van der Waals surface area contributed by atoms with Crippen LogP contribution in [0.15, 0.2) is 18.3 Å². The van der Waals surface area contributed by atoms with Crippen LogP contribution in [0.1, 0.15) is 25.1 Å². The minimum Gasteiger partial charge on any atom is -0.383 e. The fraction of sp³-hybridized carbons (Fsp3) is 0.545. The smallest absolute Gasteiger partial charge is 0.264 e. The molecule has 0 spiro atoms. The summed E-state index contributed by atoms with van der Waals surface area (Å²) in [4.78, 5) is 4.14. The summed E-state index contributed by atoms with van der Waals surface area (Å²) in [5.74, 6) is 0. The molecule has 1 aromatic rings. The van der Waals surface area contributed by atoms with Crippen molar-refractivity contribution in [2.75, 3.05) is 12.9 Å². The first-order chi connectivity index (χ1) is 7.74. The van der Waals surface area contributed by atoms with Gasteiger partial charge in [-0.25, -0.2) is 0 Å². The van der Waals surface area contributed by atoms with Crippen LogP contribution in [-0.2, 0) is 26.3 Å². The summed E-state index contributed by atoms with van der Waals surface area (Å²) in [5.41, 5.74) is 0.0643. The molecule has 1 N–H and O–H groups in total. The van der Waals surface area contributed by atoms with Crippen molar-refractivity contribution in [2.45, 2.75) is 25.9 Å². The number of aromatic nitrogens is 1. The Kier molecular flexibility index (Phi) is 4.24. The first-order valence-electron chi connectivity index (χ1n) is 5.27. The summed E-state index contributed by atoms with van der Waals surface area (Å²) in [6.07, 6.45) is 3.29. The Morgan fingerprint density at radius 2 is 2.12 bits per heavy atom. The van der Waals surface area contributed by atoms with Crippen molar-refractivity contribution in [2.24, 2.45) is 0 Å². The van der Waals surface area contributed by atoms with E-state index in [9.17, 15) is 13.5 Å². The Bertz CT molecular complexity index is 465. The molecule has 0 aromatic carbocycles. The lowest BCUT2D eigenvalue weighted by Gasteiger charge is -2.22. The second-order valence-electron chi connectivity index (χ2n) is 4.13. The van der Waals surface area contributed by atoms with Gasteiger partial charge in [0, 0.05) is 17.5 Å². The van der Waals surface area contributed by atoms with E-state index in [-0.39, 0.29) is 6.61 Å². The van der Waals surface area contributed by atoms with Crippen LogP contribution in [-0.4, -0.2) is 31.4 Å². The Morgan fingerprint density at radius 1 is 1.47 bits per heavy atom. The van der Waals surface area contributed by atoms with Gasteiger partial charge >= 0.3 is 0 Å². The van der Waals surface area contributed by atoms with Gasteiger partial charge in [-0.1, -0.05) is 13.0 Å². The molecule has 1 atom stereocenters. The summed E-state index contributed by atoms with van der Waals surface area (Å²) in [6, 6.07) is 3.52. The van der Waals surface area contributed by atoms with Crippen molar-refractivity contribution in [1.29, 1.82) is 0 Å². The lowest BCUT2D eigenvalue weighted by atomic mass is 9.99. The standard InChI is InChI=1S/C11H17NO4S/c1-4-10-6-5-9(7-12-10)11(2,13)8-16-17(3,14)15/h5-7,13H,4,8H2,1-3H3/t11-/m1/s1. The quantitative estimate of drug-likeness (QED) is 0.792. The van der Waals surface area contributed by atoms with Crippen LogP contribution >= 0.6 is 0 Å². The van der Waals surface area contributed by atoms with Gasteiger partial charge in [0.1, 0.15) is 5.60 Å². The Balaban J connectivity index is 2.81. The van der Waals surface area contributed by atoms with Crippen LogP contribution in [0.4, 0.5) is 0 Å². The fourth-order valence-electron chi connectivity index (χ4n) is 1.26. The van der Waals surface area contributed by atoms with E-state index >= 15 is 0 Å². The molecule has 6 heteroatoms. The maximum Gasteiger partial charge on any atom is 0.264 e. The first-order valence-corrected chi connectivity index (χ1v) is 7.08. The van der Waals surface area contributed by atoms with Crippen LogP contribution in [0.25, 0.3) is 0 Å². The number of nitrogens with zero attached hydrogens (tertiary/aromatic N) is 1. The molecule has 5 nitrogen and oxygen atoms in total. The maximum atomic E-state index is 10.9. The molecule has 0 saturated heterocycles. The maximum absolute atomic E-state index is 10.9. The highest BCUT2D eigenvalue weighted by Crippen LogP contribution is 2.21. The van der Waals surface area contributed by atoms with Gasteiger partial charge in [-0.05, 0) is 19.4 Å². The molecule has 1 rings (SSSR count). The van der Waals surface area contributed by atoms with Gasteiger partial charge in [-0.2, -0.15) is 8.42 Å². The minimum absolute atomic E-state index is 0.320. The van der Waals surface area contributed by atoms with Crippen LogP contribution < -0.4 is 0 Å². The molecule has 0 aliphatic rings. The molecule has 1 aromatic heterocycles. The topological polar surface area (TPSA) is 76.5 Å². The summed E-state index contributed by atoms with van der Waals surface area (Å²) in [5, 5.41) is 10.1. The summed E-state index contributed by atoms with van der Waals surface area (Å²) in [6.45, 7) is 3.15. The SMILES string of the molecule is CCc1ccc([C@](C)(O)COS(C)(=O)=O)cn1. The largest absolute Gasteiger partial charge is 0.383 e. The average molecular weight is 259 g/mol. The van der Waals surface area contributed by atoms with E-state index in [1.807, 2.05) is 6.92 Å². The highest BCUT2D eigenvalue weighted by Gasteiger charge is 2.25. The molecule has 0 amide bonds. The van der Waals surface area contributed by atoms with Gasteiger partial charge in [0.15, 0.2) is 0 Å². The van der Waals surface area contributed by atoms with Crippen molar-refractivity contribution in [3.05, 3.63) is 29.6 Å². The summed E-state index contributed by atoms with van der Waals surface area (Å²) < 4.78 is 26.3. The van der Waals surface area contributed by atoms with Gasteiger partial charge in [0.2, 0.25) is 0 Å².